The van der Waals surface area contributed by atoms with Crippen molar-refractivity contribution in [2.75, 3.05) is 14.2 Å². The van der Waals surface area contributed by atoms with Crippen LogP contribution in [0.4, 0.5) is 4.39 Å². The zero-order valence-corrected chi connectivity index (χ0v) is 14.3. The fourth-order valence-electron chi connectivity index (χ4n) is 2.12. The Morgan fingerprint density at radius 2 is 1.71 bits per heavy atom. The summed E-state index contributed by atoms with van der Waals surface area (Å²) >= 11 is 9.64. The maximum Gasteiger partial charge on any atom is 0.161 e. The van der Waals surface area contributed by atoms with Crippen molar-refractivity contribution >= 4 is 27.5 Å². The summed E-state index contributed by atoms with van der Waals surface area (Å²) < 4.78 is 24.6. The SMILES string of the molecule is COc1cc(C)c(C(Cl)c2ccc(Br)c(F)c2)cc1OC. The molecule has 0 aromatic heterocycles. The average Bonchev–Trinajstić information content (AvgIpc) is 2.49. The van der Waals surface area contributed by atoms with E-state index < -0.39 is 5.38 Å². The smallest absolute Gasteiger partial charge is 0.161 e. The van der Waals surface area contributed by atoms with Crippen molar-refractivity contribution in [3.8, 4) is 11.5 Å². The lowest BCUT2D eigenvalue weighted by Crippen LogP contribution is -2.00. The molecule has 0 N–H and O–H groups in total. The van der Waals surface area contributed by atoms with E-state index in [1.54, 1.807) is 26.4 Å². The minimum absolute atomic E-state index is 0.337. The van der Waals surface area contributed by atoms with Crippen molar-refractivity contribution in [3.63, 3.8) is 0 Å². The predicted molar refractivity (Wildman–Crippen MR) is 86.1 cm³/mol. The number of methoxy groups -OCH3 is 2. The van der Waals surface area contributed by atoms with Gasteiger partial charge >= 0.3 is 0 Å². The third kappa shape index (κ3) is 3.33. The van der Waals surface area contributed by atoms with Gasteiger partial charge in [0.1, 0.15) is 5.82 Å². The molecule has 2 aromatic rings. The van der Waals surface area contributed by atoms with Crippen LogP contribution < -0.4 is 9.47 Å². The van der Waals surface area contributed by atoms with Crippen molar-refractivity contribution in [2.24, 2.45) is 0 Å². The van der Waals surface area contributed by atoms with Gasteiger partial charge in [0, 0.05) is 0 Å². The molecule has 2 aromatic carbocycles. The van der Waals surface area contributed by atoms with Crippen LogP contribution in [0.3, 0.4) is 0 Å². The molecule has 112 valence electrons. The van der Waals surface area contributed by atoms with Gasteiger partial charge in [0.15, 0.2) is 11.5 Å². The maximum atomic E-state index is 13.7. The number of hydrogen-bond donors (Lipinski definition) is 0. The molecule has 2 nitrogen and oxygen atoms in total. The second kappa shape index (κ2) is 6.67. The Labute approximate surface area is 137 Å². The number of hydrogen-bond acceptors (Lipinski definition) is 2. The summed E-state index contributed by atoms with van der Waals surface area (Å²) in [5.41, 5.74) is 2.50. The Hall–Kier alpha value is -1.26. The van der Waals surface area contributed by atoms with Crippen LogP contribution in [0.15, 0.2) is 34.8 Å². The average molecular weight is 374 g/mol. The lowest BCUT2D eigenvalue weighted by molar-refractivity contribution is 0.354. The van der Waals surface area contributed by atoms with Crippen LogP contribution in [0.2, 0.25) is 0 Å². The fourth-order valence-corrected chi connectivity index (χ4v) is 2.74. The van der Waals surface area contributed by atoms with Crippen molar-refractivity contribution in [1.29, 1.82) is 0 Å². The molecule has 0 bridgehead atoms. The van der Waals surface area contributed by atoms with Gasteiger partial charge in [-0.25, -0.2) is 4.39 Å². The maximum absolute atomic E-state index is 13.7. The van der Waals surface area contributed by atoms with E-state index in [9.17, 15) is 4.39 Å². The van der Waals surface area contributed by atoms with Gasteiger partial charge in [0.2, 0.25) is 0 Å². The molecule has 1 atom stereocenters. The first kappa shape index (κ1) is 16.1. The van der Waals surface area contributed by atoms with Crippen LogP contribution in [0.1, 0.15) is 22.1 Å². The molecule has 0 saturated heterocycles. The van der Waals surface area contributed by atoms with Crippen molar-refractivity contribution in [3.05, 3.63) is 57.3 Å². The zero-order chi connectivity index (χ0) is 15.6. The monoisotopic (exact) mass is 372 g/mol. The highest BCUT2D eigenvalue weighted by atomic mass is 79.9. The van der Waals surface area contributed by atoms with Gasteiger partial charge in [-0.1, -0.05) is 6.07 Å². The number of benzene rings is 2. The van der Waals surface area contributed by atoms with Crippen LogP contribution >= 0.6 is 27.5 Å². The van der Waals surface area contributed by atoms with E-state index in [0.29, 0.717) is 21.5 Å². The molecule has 1 unspecified atom stereocenters. The normalized spacial score (nSPS) is 12.1. The molecular formula is C16H15BrClFO2. The summed E-state index contributed by atoms with van der Waals surface area (Å²) in [5.74, 6) is 0.905. The van der Waals surface area contributed by atoms with E-state index in [4.69, 9.17) is 21.1 Å². The summed E-state index contributed by atoms with van der Waals surface area (Å²) in [7, 11) is 3.15. The van der Waals surface area contributed by atoms with E-state index in [1.165, 1.54) is 6.07 Å². The molecule has 0 radical (unpaired) electrons. The molecule has 2 rings (SSSR count). The highest BCUT2D eigenvalue weighted by Crippen LogP contribution is 2.38. The Bertz CT molecular complexity index is 661. The van der Waals surface area contributed by atoms with E-state index >= 15 is 0 Å². The highest BCUT2D eigenvalue weighted by Gasteiger charge is 2.18. The molecule has 0 saturated carbocycles. The van der Waals surface area contributed by atoms with Crippen LogP contribution in [0.25, 0.3) is 0 Å². The van der Waals surface area contributed by atoms with E-state index in [1.807, 2.05) is 19.1 Å². The molecule has 0 aliphatic rings. The van der Waals surface area contributed by atoms with Gasteiger partial charge in [-0.05, 0) is 63.8 Å². The van der Waals surface area contributed by atoms with Gasteiger partial charge in [0.25, 0.3) is 0 Å². The van der Waals surface area contributed by atoms with Gasteiger partial charge in [-0.3, -0.25) is 0 Å². The number of ether oxygens (including phenoxy) is 2. The molecular weight excluding hydrogens is 359 g/mol. The Balaban J connectivity index is 2.47. The second-order valence-corrected chi connectivity index (χ2v) is 5.89. The van der Waals surface area contributed by atoms with Crippen LogP contribution in [-0.2, 0) is 0 Å². The number of alkyl halides is 1. The minimum Gasteiger partial charge on any atom is -0.493 e. The minimum atomic E-state index is -0.465. The second-order valence-electron chi connectivity index (χ2n) is 4.60. The van der Waals surface area contributed by atoms with E-state index in [0.717, 1.165) is 11.1 Å². The summed E-state index contributed by atoms with van der Waals surface area (Å²) in [6, 6.07) is 8.56. The molecule has 21 heavy (non-hydrogen) atoms. The van der Waals surface area contributed by atoms with E-state index in [2.05, 4.69) is 15.9 Å². The quantitative estimate of drug-likeness (QED) is 0.682. The van der Waals surface area contributed by atoms with Crippen molar-refractivity contribution in [1.82, 2.24) is 0 Å². The third-order valence-corrected chi connectivity index (χ3v) is 4.41. The van der Waals surface area contributed by atoms with Crippen LogP contribution in [0, 0.1) is 12.7 Å². The predicted octanol–water partition coefficient (Wildman–Crippen LogP) is 5.24. The first-order valence-corrected chi connectivity index (χ1v) is 7.52. The first-order chi connectivity index (χ1) is 9.97. The van der Waals surface area contributed by atoms with Gasteiger partial charge in [0.05, 0.1) is 24.1 Å². The van der Waals surface area contributed by atoms with Gasteiger partial charge in [-0.15, -0.1) is 11.6 Å². The fraction of sp³-hybridized carbons (Fsp3) is 0.250. The Morgan fingerprint density at radius 3 is 2.29 bits per heavy atom. The van der Waals surface area contributed by atoms with Gasteiger partial charge < -0.3 is 9.47 Å². The third-order valence-electron chi connectivity index (χ3n) is 3.28. The molecule has 0 spiro atoms. The van der Waals surface area contributed by atoms with E-state index in [-0.39, 0.29) is 5.82 Å². The largest absolute Gasteiger partial charge is 0.493 e. The molecule has 0 aliphatic carbocycles. The number of aryl methyl sites for hydroxylation is 1. The Morgan fingerprint density at radius 1 is 1.10 bits per heavy atom. The van der Waals surface area contributed by atoms with Gasteiger partial charge in [-0.2, -0.15) is 0 Å². The summed E-state index contributed by atoms with van der Waals surface area (Å²) in [5, 5.41) is -0.465. The molecule has 0 heterocycles. The van der Waals surface area contributed by atoms with Crippen molar-refractivity contribution < 1.29 is 13.9 Å². The molecule has 0 amide bonds. The topological polar surface area (TPSA) is 18.5 Å². The highest BCUT2D eigenvalue weighted by molar-refractivity contribution is 9.10. The lowest BCUT2D eigenvalue weighted by Gasteiger charge is -2.17. The number of halogens is 3. The zero-order valence-electron chi connectivity index (χ0n) is 11.9. The first-order valence-electron chi connectivity index (χ1n) is 6.29. The summed E-state index contributed by atoms with van der Waals surface area (Å²) in [6.45, 7) is 1.93. The van der Waals surface area contributed by atoms with Crippen molar-refractivity contribution in [2.45, 2.75) is 12.3 Å². The standard InChI is InChI=1S/C16H15BrClFO2/c1-9-6-14(20-2)15(21-3)8-11(9)16(18)10-4-5-12(17)13(19)7-10/h4-8,16H,1-3H3. The van der Waals surface area contributed by atoms with Crippen LogP contribution in [-0.4, -0.2) is 14.2 Å². The molecule has 0 aliphatic heterocycles. The Kier molecular flexibility index (Phi) is 5.12. The van der Waals surface area contributed by atoms with Crippen LogP contribution in [0.5, 0.6) is 11.5 Å². The lowest BCUT2D eigenvalue weighted by atomic mass is 9.99. The summed E-state index contributed by atoms with van der Waals surface area (Å²) in [4.78, 5) is 0. The molecule has 5 heteroatoms. The summed E-state index contributed by atoms with van der Waals surface area (Å²) in [6.07, 6.45) is 0. The molecule has 0 fully saturated rings. The number of rotatable bonds is 4.